The van der Waals surface area contributed by atoms with E-state index in [0.717, 1.165) is 12.8 Å². The Bertz CT molecular complexity index is 387. The maximum Gasteiger partial charge on any atom is 0.347 e. The van der Waals surface area contributed by atoms with E-state index in [2.05, 4.69) is 6.92 Å². The van der Waals surface area contributed by atoms with Crippen LogP contribution in [0.25, 0.3) is 0 Å². The SMILES string of the molecule is CCCCC(Oc1ccc(Cl)cc1)C(=O)OC(C)C. The highest BCUT2D eigenvalue weighted by atomic mass is 35.5. The second kappa shape index (κ2) is 8.05. The molecule has 0 bridgehead atoms. The smallest absolute Gasteiger partial charge is 0.347 e. The topological polar surface area (TPSA) is 35.5 Å². The van der Waals surface area contributed by atoms with Crippen LogP contribution >= 0.6 is 11.6 Å². The summed E-state index contributed by atoms with van der Waals surface area (Å²) in [5, 5.41) is 0.641. The molecule has 0 saturated heterocycles. The highest BCUT2D eigenvalue weighted by molar-refractivity contribution is 6.30. The number of benzene rings is 1. The summed E-state index contributed by atoms with van der Waals surface area (Å²) in [6.45, 7) is 5.74. The number of unbranched alkanes of at least 4 members (excludes halogenated alkanes) is 1. The first-order valence-electron chi connectivity index (χ1n) is 6.65. The molecule has 0 fully saturated rings. The lowest BCUT2D eigenvalue weighted by Crippen LogP contribution is -2.31. The lowest BCUT2D eigenvalue weighted by Gasteiger charge is -2.19. The van der Waals surface area contributed by atoms with E-state index in [9.17, 15) is 4.79 Å². The van der Waals surface area contributed by atoms with Crippen molar-refractivity contribution in [2.24, 2.45) is 0 Å². The van der Waals surface area contributed by atoms with Gasteiger partial charge >= 0.3 is 5.97 Å². The molecule has 1 aromatic carbocycles. The van der Waals surface area contributed by atoms with Crippen LogP contribution in [0.2, 0.25) is 5.02 Å². The third-order valence-electron chi connectivity index (χ3n) is 2.53. The number of rotatable bonds is 7. The minimum Gasteiger partial charge on any atom is -0.479 e. The van der Waals surface area contributed by atoms with Gasteiger partial charge in [0.05, 0.1) is 6.10 Å². The molecule has 0 aliphatic heterocycles. The number of hydrogen-bond acceptors (Lipinski definition) is 3. The predicted molar refractivity (Wildman–Crippen MR) is 76.6 cm³/mol. The van der Waals surface area contributed by atoms with Crippen molar-refractivity contribution >= 4 is 17.6 Å². The molecular formula is C15H21ClO3. The van der Waals surface area contributed by atoms with Crippen molar-refractivity contribution in [1.29, 1.82) is 0 Å². The van der Waals surface area contributed by atoms with Crippen LogP contribution in [0.3, 0.4) is 0 Å². The van der Waals surface area contributed by atoms with Crippen molar-refractivity contribution in [1.82, 2.24) is 0 Å². The minimum absolute atomic E-state index is 0.134. The first-order chi connectivity index (χ1) is 9.02. The zero-order valence-electron chi connectivity index (χ0n) is 11.7. The molecular weight excluding hydrogens is 264 g/mol. The highest BCUT2D eigenvalue weighted by Gasteiger charge is 2.22. The number of carbonyl (C=O) groups is 1. The van der Waals surface area contributed by atoms with Crippen LogP contribution in [0.5, 0.6) is 5.75 Å². The van der Waals surface area contributed by atoms with Crippen molar-refractivity contribution in [2.45, 2.75) is 52.2 Å². The van der Waals surface area contributed by atoms with Crippen LogP contribution in [0.4, 0.5) is 0 Å². The van der Waals surface area contributed by atoms with Crippen molar-refractivity contribution in [3.05, 3.63) is 29.3 Å². The number of esters is 1. The molecule has 0 spiro atoms. The van der Waals surface area contributed by atoms with Crippen LogP contribution in [-0.4, -0.2) is 18.2 Å². The van der Waals surface area contributed by atoms with Crippen molar-refractivity contribution in [2.75, 3.05) is 0 Å². The molecule has 19 heavy (non-hydrogen) atoms. The summed E-state index contributed by atoms with van der Waals surface area (Å²) < 4.78 is 10.9. The van der Waals surface area contributed by atoms with E-state index < -0.39 is 6.10 Å². The fourth-order valence-corrected chi connectivity index (χ4v) is 1.73. The van der Waals surface area contributed by atoms with Crippen molar-refractivity contribution in [3.63, 3.8) is 0 Å². The van der Waals surface area contributed by atoms with Gasteiger partial charge in [0.15, 0.2) is 6.10 Å². The molecule has 0 aliphatic rings. The summed E-state index contributed by atoms with van der Waals surface area (Å²) in [7, 11) is 0. The normalized spacial score (nSPS) is 12.3. The molecule has 1 atom stereocenters. The molecule has 0 aromatic heterocycles. The van der Waals surface area contributed by atoms with Gasteiger partial charge in [0.1, 0.15) is 5.75 Å². The zero-order valence-corrected chi connectivity index (χ0v) is 12.4. The minimum atomic E-state index is -0.552. The summed E-state index contributed by atoms with van der Waals surface area (Å²) in [5.74, 6) is 0.324. The van der Waals surface area contributed by atoms with E-state index in [4.69, 9.17) is 21.1 Å². The van der Waals surface area contributed by atoms with Gasteiger partial charge in [-0.25, -0.2) is 4.79 Å². The van der Waals surface area contributed by atoms with E-state index in [1.165, 1.54) is 0 Å². The van der Waals surface area contributed by atoms with E-state index >= 15 is 0 Å². The number of ether oxygens (including phenoxy) is 2. The van der Waals surface area contributed by atoms with Crippen LogP contribution in [0, 0.1) is 0 Å². The molecule has 3 nitrogen and oxygen atoms in total. The molecule has 0 aliphatic carbocycles. The Morgan fingerprint density at radius 2 is 1.89 bits per heavy atom. The Labute approximate surface area is 119 Å². The van der Waals surface area contributed by atoms with Gasteiger partial charge in [-0.2, -0.15) is 0 Å². The Kier molecular flexibility index (Phi) is 6.71. The van der Waals surface area contributed by atoms with Gasteiger partial charge in [0, 0.05) is 5.02 Å². The quantitative estimate of drug-likeness (QED) is 0.703. The monoisotopic (exact) mass is 284 g/mol. The molecule has 0 amide bonds. The summed E-state index contributed by atoms with van der Waals surface area (Å²) >= 11 is 5.82. The number of halogens is 1. The van der Waals surface area contributed by atoms with Gasteiger partial charge in [0.2, 0.25) is 0 Å². The molecule has 0 saturated carbocycles. The Morgan fingerprint density at radius 1 is 1.26 bits per heavy atom. The molecule has 1 rings (SSSR count). The molecule has 0 radical (unpaired) electrons. The van der Waals surface area contributed by atoms with Gasteiger partial charge in [0.25, 0.3) is 0 Å². The Balaban J connectivity index is 2.67. The van der Waals surface area contributed by atoms with Crippen LogP contribution in [-0.2, 0) is 9.53 Å². The van der Waals surface area contributed by atoms with Gasteiger partial charge in [-0.15, -0.1) is 0 Å². The second-order valence-corrected chi connectivity index (χ2v) is 5.12. The van der Waals surface area contributed by atoms with Crippen LogP contribution in [0.1, 0.15) is 40.0 Å². The highest BCUT2D eigenvalue weighted by Crippen LogP contribution is 2.19. The lowest BCUT2D eigenvalue weighted by molar-refractivity contribution is -0.156. The molecule has 1 unspecified atom stereocenters. The van der Waals surface area contributed by atoms with E-state index in [-0.39, 0.29) is 12.1 Å². The maximum absolute atomic E-state index is 12.0. The first-order valence-corrected chi connectivity index (χ1v) is 7.03. The van der Waals surface area contributed by atoms with E-state index in [1.54, 1.807) is 24.3 Å². The average molecular weight is 285 g/mol. The standard InChI is InChI=1S/C15H21ClO3/c1-4-5-6-14(15(17)18-11(2)3)19-13-9-7-12(16)8-10-13/h7-11,14H,4-6H2,1-3H3. The van der Waals surface area contributed by atoms with Crippen molar-refractivity contribution < 1.29 is 14.3 Å². The van der Waals surface area contributed by atoms with Gasteiger partial charge in [-0.05, 0) is 51.0 Å². The Morgan fingerprint density at radius 3 is 2.42 bits per heavy atom. The van der Waals surface area contributed by atoms with Gasteiger partial charge in [-0.3, -0.25) is 0 Å². The molecule has 0 heterocycles. The van der Waals surface area contributed by atoms with Gasteiger partial charge < -0.3 is 9.47 Å². The molecule has 0 N–H and O–H groups in total. The van der Waals surface area contributed by atoms with Crippen LogP contribution in [0.15, 0.2) is 24.3 Å². The fraction of sp³-hybridized carbons (Fsp3) is 0.533. The van der Waals surface area contributed by atoms with E-state index in [1.807, 2.05) is 13.8 Å². The maximum atomic E-state index is 12.0. The van der Waals surface area contributed by atoms with E-state index in [0.29, 0.717) is 17.2 Å². The first kappa shape index (κ1) is 15.8. The third kappa shape index (κ3) is 5.97. The third-order valence-corrected chi connectivity index (χ3v) is 2.78. The molecule has 1 aromatic rings. The largest absolute Gasteiger partial charge is 0.479 e. The summed E-state index contributed by atoms with van der Waals surface area (Å²) in [4.78, 5) is 12.0. The summed E-state index contributed by atoms with van der Waals surface area (Å²) in [6, 6.07) is 6.98. The lowest BCUT2D eigenvalue weighted by atomic mass is 10.1. The second-order valence-electron chi connectivity index (χ2n) is 4.69. The van der Waals surface area contributed by atoms with Crippen LogP contribution < -0.4 is 4.74 Å². The molecule has 106 valence electrons. The number of carbonyl (C=O) groups excluding carboxylic acids is 1. The predicted octanol–water partition coefficient (Wildman–Crippen LogP) is 4.23. The van der Waals surface area contributed by atoms with Gasteiger partial charge in [-0.1, -0.05) is 24.9 Å². The van der Waals surface area contributed by atoms with Crippen molar-refractivity contribution in [3.8, 4) is 5.75 Å². The summed E-state index contributed by atoms with van der Waals surface area (Å²) in [6.07, 6.45) is 1.90. The Hall–Kier alpha value is -1.22. The summed E-state index contributed by atoms with van der Waals surface area (Å²) in [5.41, 5.74) is 0. The number of hydrogen-bond donors (Lipinski definition) is 0. The molecule has 4 heteroatoms. The fourth-order valence-electron chi connectivity index (χ4n) is 1.60. The average Bonchev–Trinajstić information content (AvgIpc) is 2.35. The zero-order chi connectivity index (χ0) is 14.3.